The summed E-state index contributed by atoms with van der Waals surface area (Å²) < 4.78 is 16.6. The number of halogens is 1. The van der Waals surface area contributed by atoms with Crippen LogP contribution in [0, 0.1) is 0 Å². The Kier molecular flexibility index (Phi) is 8.96. The lowest BCUT2D eigenvalue weighted by Gasteiger charge is -2.35. The van der Waals surface area contributed by atoms with E-state index < -0.39 is 0 Å². The number of benzene rings is 2. The van der Waals surface area contributed by atoms with Gasteiger partial charge in [0.2, 0.25) is 0 Å². The fourth-order valence-corrected chi connectivity index (χ4v) is 3.75. The van der Waals surface area contributed by atoms with Crippen molar-refractivity contribution in [2.24, 2.45) is 0 Å². The third kappa shape index (κ3) is 6.19. The number of carbonyl (C=O) groups excluding carboxylic acids is 1. The number of amides is 1. The molecule has 1 N–H and O–H groups in total. The predicted octanol–water partition coefficient (Wildman–Crippen LogP) is 3.56. The number of nitrogens with one attached hydrogen (secondary N) is 1. The minimum atomic E-state index is -0.174. The lowest BCUT2D eigenvalue weighted by atomic mass is 10.0. The van der Waals surface area contributed by atoms with Gasteiger partial charge in [0.25, 0.3) is 5.91 Å². The third-order valence-corrected chi connectivity index (χ3v) is 5.37. The molecular weight excluding hydrogens is 404 g/mol. The van der Waals surface area contributed by atoms with Crippen molar-refractivity contribution >= 4 is 17.5 Å². The van der Waals surface area contributed by atoms with Gasteiger partial charge in [-0.05, 0) is 30.7 Å². The number of rotatable bonds is 10. The molecule has 0 radical (unpaired) electrons. The maximum Gasteiger partial charge on any atom is 0.255 e. The van der Waals surface area contributed by atoms with Gasteiger partial charge in [-0.1, -0.05) is 41.9 Å². The Hall–Kier alpha value is -2.12. The van der Waals surface area contributed by atoms with E-state index in [0.29, 0.717) is 55.9 Å². The highest BCUT2D eigenvalue weighted by atomic mass is 35.5. The van der Waals surface area contributed by atoms with E-state index in [-0.39, 0.29) is 11.9 Å². The molecule has 0 bridgehead atoms. The van der Waals surface area contributed by atoms with Gasteiger partial charge in [0.15, 0.2) is 0 Å². The zero-order valence-corrected chi connectivity index (χ0v) is 18.1. The van der Waals surface area contributed by atoms with Crippen LogP contribution in [0.1, 0.15) is 28.9 Å². The molecule has 1 saturated heterocycles. The molecule has 2 aromatic rings. The molecule has 2 aromatic carbocycles. The van der Waals surface area contributed by atoms with Crippen LogP contribution in [-0.2, 0) is 9.47 Å². The third-order valence-electron chi connectivity index (χ3n) is 5.03. The lowest BCUT2D eigenvalue weighted by Crippen LogP contribution is -2.44. The molecule has 1 aliphatic heterocycles. The zero-order valence-electron chi connectivity index (χ0n) is 17.3. The van der Waals surface area contributed by atoms with Crippen LogP contribution in [0.15, 0.2) is 48.5 Å². The van der Waals surface area contributed by atoms with Crippen LogP contribution >= 0.6 is 11.6 Å². The van der Waals surface area contributed by atoms with Gasteiger partial charge in [0.1, 0.15) is 12.4 Å². The summed E-state index contributed by atoms with van der Waals surface area (Å²) in [5, 5.41) is 3.77. The molecule has 7 heteroatoms. The second-order valence-electron chi connectivity index (χ2n) is 6.94. The first-order valence-corrected chi connectivity index (χ1v) is 10.7. The summed E-state index contributed by atoms with van der Waals surface area (Å²) in [6.07, 6.45) is 0. The fourth-order valence-electron chi connectivity index (χ4n) is 3.49. The highest BCUT2D eigenvalue weighted by Gasteiger charge is 2.25. The van der Waals surface area contributed by atoms with Crippen LogP contribution in [0.5, 0.6) is 5.75 Å². The van der Waals surface area contributed by atoms with E-state index in [1.807, 2.05) is 43.3 Å². The summed E-state index contributed by atoms with van der Waals surface area (Å²) in [5.41, 5.74) is 1.51. The molecule has 0 aliphatic carbocycles. The standard InChI is InChI=1S/C23H29ClN2O4/c1-2-28-15-16-30-22-10-6-4-8-19(22)23(27)25-17-21(26-11-13-29-14-12-26)18-7-3-5-9-20(18)24/h3-10,21H,2,11-17H2,1H3,(H,25,27). The van der Waals surface area contributed by atoms with Gasteiger partial charge in [0.05, 0.1) is 31.4 Å². The van der Waals surface area contributed by atoms with Crippen LogP contribution in [0.4, 0.5) is 0 Å². The molecule has 0 spiro atoms. The molecule has 0 saturated carbocycles. The Bertz CT molecular complexity index is 811. The summed E-state index contributed by atoms with van der Waals surface area (Å²) in [6.45, 7) is 6.83. The topological polar surface area (TPSA) is 60.0 Å². The first-order valence-electron chi connectivity index (χ1n) is 10.3. The summed E-state index contributed by atoms with van der Waals surface area (Å²) in [7, 11) is 0. The Morgan fingerprint density at radius 3 is 2.63 bits per heavy atom. The van der Waals surface area contributed by atoms with Crippen molar-refractivity contribution in [3.05, 3.63) is 64.7 Å². The Morgan fingerprint density at radius 1 is 1.13 bits per heavy atom. The SMILES string of the molecule is CCOCCOc1ccccc1C(=O)NCC(c1ccccc1Cl)N1CCOCC1. The number of ether oxygens (including phenoxy) is 3. The van der Waals surface area contributed by atoms with Gasteiger partial charge in [-0.2, -0.15) is 0 Å². The van der Waals surface area contributed by atoms with Gasteiger partial charge >= 0.3 is 0 Å². The zero-order chi connectivity index (χ0) is 21.2. The number of nitrogens with zero attached hydrogens (tertiary/aromatic N) is 1. The second-order valence-corrected chi connectivity index (χ2v) is 7.34. The highest BCUT2D eigenvalue weighted by Crippen LogP contribution is 2.28. The van der Waals surface area contributed by atoms with E-state index in [2.05, 4.69) is 10.2 Å². The molecule has 1 amide bonds. The van der Waals surface area contributed by atoms with Crippen LogP contribution in [0.25, 0.3) is 0 Å². The van der Waals surface area contributed by atoms with Crippen LogP contribution < -0.4 is 10.1 Å². The van der Waals surface area contributed by atoms with Crippen molar-refractivity contribution in [1.29, 1.82) is 0 Å². The average Bonchev–Trinajstić information content (AvgIpc) is 2.79. The van der Waals surface area contributed by atoms with Gasteiger partial charge in [-0.25, -0.2) is 0 Å². The summed E-state index contributed by atoms with van der Waals surface area (Å²) >= 11 is 6.48. The highest BCUT2D eigenvalue weighted by molar-refractivity contribution is 6.31. The Labute approximate surface area is 183 Å². The van der Waals surface area contributed by atoms with E-state index in [1.54, 1.807) is 12.1 Å². The smallest absolute Gasteiger partial charge is 0.255 e. The summed E-state index contributed by atoms with van der Waals surface area (Å²) in [6, 6.07) is 15.0. The van der Waals surface area contributed by atoms with Crippen molar-refractivity contribution in [2.45, 2.75) is 13.0 Å². The number of carbonyl (C=O) groups is 1. The molecular formula is C23H29ClN2O4. The maximum atomic E-state index is 13.0. The first kappa shape index (κ1) is 22.6. The molecule has 1 atom stereocenters. The van der Waals surface area contributed by atoms with Gasteiger partial charge < -0.3 is 19.5 Å². The number of hydrogen-bond donors (Lipinski definition) is 1. The average molecular weight is 433 g/mol. The van der Waals surface area contributed by atoms with Gasteiger partial charge in [-0.3, -0.25) is 9.69 Å². The van der Waals surface area contributed by atoms with Crippen molar-refractivity contribution < 1.29 is 19.0 Å². The molecule has 1 fully saturated rings. The van der Waals surface area contributed by atoms with Gasteiger partial charge in [-0.15, -0.1) is 0 Å². The molecule has 30 heavy (non-hydrogen) atoms. The Morgan fingerprint density at radius 2 is 1.87 bits per heavy atom. The fraction of sp³-hybridized carbons (Fsp3) is 0.435. The monoisotopic (exact) mass is 432 g/mol. The van der Waals surface area contributed by atoms with Crippen LogP contribution in [0.2, 0.25) is 5.02 Å². The van der Waals surface area contributed by atoms with E-state index in [9.17, 15) is 4.79 Å². The number of morpholine rings is 1. The number of hydrogen-bond acceptors (Lipinski definition) is 5. The molecule has 0 aromatic heterocycles. The molecule has 162 valence electrons. The van der Waals surface area contributed by atoms with E-state index in [0.717, 1.165) is 18.7 Å². The van der Waals surface area contributed by atoms with Crippen LogP contribution in [-0.4, -0.2) is 63.5 Å². The number of para-hydroxylation sites is 1. The predicted molar refractivity (Wildman–Crippen MR) is 117 cm³/mol. The largest absolute Gasteiger partial charge is 0.490 e. The second kappa shape index (κ2) is 11.9. The van der Waals surface area contributed by atoms with E-state index in [1.165, 1.54) is 0 Å². The van der Waals surface area contributed by atoms with Crippen molar-refractivity contribution in [1.82, 2.24) is 10.2 Å². The molecule has 1 heterocycles. The molecule has 3 rings (SSSR count). The van der Waals surface area contributed by atoms with E-state index >= 15 is 0 Å². The molecule has 1 aliphatic rings. The summed E-state index contributed by atoms with van der Waals surface area (Å²) in [4.78, 5) is 15.3. The first-order chi connectivity index (χ1) is 14.7. The summed E-state index contributed by atoms with van der Waals surface area (Å²) in [5.74, 6) is 0.377. The molecule has 1 unspecified atom stereocenters. The minimum absolute atomic E-state index is 0.0300. The Balaban J connectivity index is 1.69. The van der Waals surface area contributed by atoms with Crippen molar-refractivity contribution in [2.75, 3.05) is 52.7 Å². The van der Waals surface area contributed by atoms with Crippen LogP contribution in [0.3, 0.4) is 0 Å². The quantitative estimate of drug-likeness (QED) is 0.582. The normalized spacial score (nSPS) is 15.5. The maximum absolute atomic E-state index is 13.0. The molecule has 6 nitrogen and oxygen atoms in total. The lowest BCUT2D eigenvalue weighted by molar-refractivity contribution is 0.0162. The van der Waals surface area contributed by atoms with Gasteiger partial charge in [0, 0.05) is 31.3 Å². The van der Waals surface area contributed by atoms with Crippen molar-refractivity contribution in [3.63, 3.8) is 0 Å². The van der Waals surface area contributed by atoms with E-state index in [4.69, 9.17) is 25.8 Å². The van der Waals surface area contributed by atoms with Crippen molar-refractivity contribution in [3.8, 4) is 5.75 Å². The minimum Gasteiger partial charge on any atom is -0.490 e.